The van der Waals surface area contributed by atoms with Crippen molar-refractivity contribution in [2.24, 2.45) is 5.92 Å². The first-order chi connectivity index (χ1) is 9.92. The SMILES string of the molecule is c1nc(NOCC2CCOC2)c2c3c(sc2n1)CCC3. The van der Waals surface area contributed by atoms with Crippen molar-refractivity contribution in [1.82, 2.24) is 9.97 Å². The minimum atomic E-state index is 0.494. The molecule has 20 heavy (non-hydrogen) atoms. The molecule has 0 spiro atoms. The van der Waals surface area contributed by atoms with Crippen molar-refractivity contribution in [3.05, 3.63) is 16.8 Å². The Labute approximate surface area is 121 Å². The number of fused-ring (bicyclic) bond motifs is 3. The van der Waals surface area contributed by atoms with Crippen molar-refractivity contribution >= 4 is 27.4 Å². The largest absolute Gasteiger partial charge is 0.381 e. The van der Waals surface area contributed by atoms with Crippen molar-refractivity contribution < 1.29 is 9.57 Å². The lowest BCUT2D eigenvalue weighted by Crippen LogP contribution is -2.13. The molecule has 0 saturated carbocycles. The molecule has 0 amide bonds. The van der Waals surface area contributed by atoms with Crippen molar-refractivity contribution in [2.45, 2.75) is 25.7 Å². The molecule has 1 atom stereocenters. The van der Waals surface area contributed by atoms with Crippen LogP contribution in [-0.2, 0) is 22.4 Å². The molecule has 1 fully saturated rings. The van der Waals surface area contributed by atoms with Crippen molar-refractivity contribution in [3.8, 4) is 0 Å². The molecule has 1 aliphatic carbocycles. The molecule has 2 aromatic heterocycles. The summed E-state index contributed by atoms with van der Waals surface area (Å²) >= 11 is 1.79. The van der Waals surface area contributed by atoms with E-state index < -0.39 is 0 Å². The number of ether oxygens (including phenoxy) is 1. The molecule has 2 aliphatic rings. The molecule has 106 valence electrons. The van der Waals surface area contributed by atoms with Gasteiger partial charge in [-0.1, -0.05) is 0 Å². The Kier molecular flexibility index (Phi) is 3.29. The summed E-state index contributed by atoms with van der Waals surface area (Å²) < 4.78 is 5.35. The number of nitrogens with zero attached hydrogens (tertiary/aromatic N) is 2. The van der Waals surface area contributed by atoms with Crippen LogP contribution in [-0.4, -0.2) is 29.8 Å². The number of hydrogen-bond acceptors (Lipinski definition) is 6. The summed E-state index contributed by atoms with van der Waals surface area (Å²) in [4.78, 5) is 16.9. The smallest absolute Gasteiger partial charge is 0.162 e. The number of aromatic nitrogens is 2. The van der Waals surface area contributed by atoms with Crippen LogP contribution in [0.15, 0.2) is 6.33 Å². The van der Waals surface area contributed by atoms with Gasteiger partial charge in [-0.05, 0) is 31.2 Å². The van der Waals surface area contributed by atoms with Gasteiger partial charge in [-0.25, -0.2) is 15.4 Å². The molecule has 1 unspecified atom stereocenters. The minimum Gasteiger partial charge on any atom is -0.381 e. The second kappa shape index (κ2) is 5.27. The van der Waals surface area contributed by atoms with Crippen LogP contribution < -0.4 is 5.48 Å². The van der Waals surface area contributed by atoms with Gasteiger partial charge in [0, 0.05) is 17.4 Å². The van der Waals surface area contributed by atoms with Crippen LogP contribution in [0.25, 0.3) is 10.2 Å². The Bertz CT molecular complexity index is 622. The van der Waals surface area contributed by atoms with Crippen molar-refractivity contribution in [1.29, 1.82) is 0 Å². The number of anilines is 1. The summed E-state index contributed by atoms with van der Waals surface area (Å²) in [7, 11) is 0. The zero-order valence-corrected chi connectivity index (χ0v) is 12.0. The van der Waals surface area contributed by atoms with Crippen LogP contribution in [0.5, 0.6) is 0 Å². The van der Waals surface area contributed by atoms with Gasteiger partial charge in [0.2, 0.25) is 0 Å². The zero-order chi connectivity index (χ0) is 13.4. The predicted octanol–water partition coefficient (Wildman–Crippen LogP) is 2.56. The summed E-state index contributed by atoms with van der Waals surface area (Å²) in [6, 6.07) is 0. The lowest BCUT2D eigenvalue weighted by atomic mass is 10.1. The van der Waals surface area contributed by atoms with Crippen LogP contribution in [0.3, 0.4) is 0 Å². The van der Waals surface area contributed by atoms with E-state index >= 15 is 0 Å². The van der Waals surface area contributed by atoms with Gasteiger partial charge in [0.15, 0.2) is 5.82 Å². The van der Waals surface area contributed by atoms with Gasteiger partial charge >= 0.3 is 0 Å². The second-order valence-electron chi connectivity index (χ2n) is 5.40. The Morgan fingerprint density at radius 3 is 3.30 bits per heavy atom. The Balaban J connectivity index is 1.53. The first-order valence-corrected chi connectivity index (χ1v) is 7.94. The van der Waals surface area contributed by atoms with Gasteiger partial charge in [0.05, 0.1) is 18.6 Å². The maximum atomic E-state index is 5.63. The molecule has 1 N–H and O–H groups in total. The third kappa shape index (κ3) is 2.17. The molecular formula is C14H17N3O2S. The highest BCUT2D eigenvalue weighted by Crippen LogP contribution is 2.38. The molecule has 6 heteroatoms. The van der Waals surface area contributed by atoms with E-state index in [4.69, 9.17) is 9.57 Å². The number of rotatable bonds is 4. The van der Waals surface area contributed by atoms with E-state index in [2.05, 4.69) is 15.4 Å². The van der Waals surface area contributed by atoms with E-state index in [1.54, 1.807) is 17.7 Å². The van der Waals surface area contributed by atoms with Gasteiger partial charge < -0.3 is 4.74 Å². The minimum absolute atomic E-state index is 0.494. The van der Waals surface area contributed by atoms with Gasteiger partial charge in [0.25, 0.3) is 0 Å². The first-order valence-electron chi connectivity index (χ1n) is 7.12. The van der Waals surface area contributed by atoms with Gasteiger partial charge in [0.1, 0.15) is 11.2 Å². The Morgan fingerprint density at radius 1 is 1.40 bits per heavy atom. The fourth-order valence-electron chi connectivity index (χ4n) is 2.95. The maximum Gasteiger partial charge on any atom is 0.162 e. The topological polar surface area (TPSA) is 56.3 Å². The molecule has 2 aromatic rings. The quantitative estimate of drug-likeness (QED) is 0.877. The lowest BCUT2D eigenvalue weighted by Gasteiger charge is -2.10. The first kappa shape index (κ1) is 12.5. The highest BCUT2D eigenvalue weighted by molar-refractivity contribution is 7.19. The van der Waals surface area contributed by atoms with Crippen molar-refractivity contribution in [3.63, 3.8) is 0 Å². The summed E-state index contributed by atoms with van der Waals surface area (Å²) in [5.74, 6) is 1.31. The monoisotopic (exact) mass is 291 g/mol. The van der Waals surface area contributed by atoms with Crippen LogP contribution in [0, 0.1) is 5.92 Å². The van der Waals surface area contributed by atoms with Crippen LogP contribution in [0.4, 0.5) is 5.82 Å². The maximum absolute atomic E-state index is 5.63. The normalized spacial score (nSPS) is 21.5. The van der Waals surface area contributed by atoms with E-state index in [9.17, 15) is 0 Å². The van der Waals surface area contributed by atoms with E-state index in [1.165, 1.54) is 23.3 Å². The van der Waals surface area contributed by atoms with Crippen molar-refractivity contribution in [2.75, 3.05) is 25.3 Å². The summed E-state index contributed by atoms with van der Waals surface area (Å²) in [6.07, 6.45) is 6.24. The lowest BCUT2D eigenvalue weighted by molar-refractivity contribution is 0.126. The summed E-state index contributed by atoms with van der Waals surface area (Å²) in [5.41, 5.74) is 4.45. The number of nitrogens with one attached hydrogen (secondary N) is 1. The molecule has 4 rings (SSSR count). The Morgan fingerprint density at radius 2 is 2.40 bits per heavy atom. The van der Waals surface area contributed by atoms with Crippen LogP contribution >= 0.6 is 11.3 Å². The summed E-state index contributed by atoms with van der Waals surface area (Å²) in [6.45, 7) is 2.32. The molecule has 0 bridgehead atoms. The zero-order valence-electron chi connectivity index (χ0n) is 11.2. The molecule has 1 saturated heterocycles. The van der Waals surface area contributed by atoms with Gasteiger partial charge in [-0.2, -0.15) is 0 Å². The van der Waals surface area contributed by atoms with Gasteiger partial charge in [-0.15, -0.1) is 11.3 Å². The highest BCUT2D eigenvalue weighted by Gasteiger charge is 2.21. The molecular weight excluding hydrogens is 274 g/mol. The third-order valence-corrected chi connectivity index (χ3v) is 5.21. The molecule has 0 aromatic carbocycles. The van der Waals surface area contributed by atoms with Crippen LogP contribution in [0.1, 0.15) is 23.3 Å². The van der Waals surface area contributed by atoms with E-state index in [0.29, 0.717) is 12.5 Å². The number of thiophene rings is 1. The molecule has 1 aliphatic heterocycles. The average molecular weight is 291 g/mol. The second-order valence-corrected chi connectivity index (χ2v) is 6.49. The molecule has 5 nitrogen and oxygen atoms in total. The van der Waals surface area contributed by atoms with Gasteiger partial charge in [-0.3, -0.25) is 4.84 Å². The number of aryl methyl sites for hydroxylation is 2. The predicted molar refractivity (Wildman–Crippen MR) is 77.9 cm³/mol. The highest BCUT2D eigenvalue weighted by atomic mass is 32.1. The third-order valence-electron chi connectivity index (χ3n) is 4.01. The average Bonchev–Trinajstić information content (AvgIpc) is 3.14. The van der Waals surface area contributed by atoms with E-state index in [0.717, 1.165) is 42.1 Å². The fourth-order valence-corrected chi connectivity index (χ4v) is 4.18. The molecule has 0 radical (unpaired) electrons. The van der Waals surface area contributed by atoms with E-state index in [-0.39, 0.29) is 0 Å². The standard InChI is InChI=1S/C14H17N3O2S/c1-2-10-11(3-1)20-14-12(10)13(15-8-16-14)17-19-7-9-4-5-18-6-9/h8-9H,1-7H2,(H,15,16,17). The van der Waals surface area contributed by atoms with Crippen LogP contribution in [0.2, 0.25) is 0 Å². The fraction of sp³-hybridized carbons (Fsp3) is 0.571. The van der Waals surface area contributed by atoms with E-state index in [1.807, 2.05) is 0 Å². The Hall–Kier alpha value is -1.24. The summed E-state index contributed by atoms with van der Waals surface area (Å²) in [5, 5.41) is 1.16. The molecule has 3 heterocycles. The number of hydrogen-bond donors (Lipinski definition) is 1.